The van der Waals surface area contributed by atoms with Gasteiger partial charge in [-0.2, -0.15) is 0 Å². The summed E-state index contributed by atoms with van der Waals surface area (Å²) in [5.41, 5.74) is 2.15. The molecule has 2 aromatic rings. The van der Waals surface area contributed by atoms with E-state index < -0.39 is 0 Å². The van der Waals surface area contributed by atoms with Crippen molar-refractivity contribution in [3.63, 3.8) is 0 Å². The van der Waals surface area contributed by atoms with E-state index in [2.05, 4.69) is 21.5 Å². The molecule has 21 heavy (non-hydrogen) atoms. The number of allylic oxidation sites excluding steroid dienone is 1. The fourth-order valence-electron chi connectivity index (χ4n) is 1.89. The Hall–Kier alpha value is -2.08. The zero-order valence-electron chi connectivity index (χ0n) is 12.1. The van der Waals surface area contributed by atoms with Gasteiger partial charge in [0.15, 0.2) is 11.0 Å². The second kappa shape index (κ2) is 7.08. The van der Waals surface area contributed by atoms with E-state index in [0.717, 1.165) is 17.0 Å². The topological polar surface area (TPSA) is 57.0 Å². The molecule has 6 heteroatoms. The highest BCUT2D eigenvalue weighted by atomic mass is 32.2. The van der Waals surface area contributed by atoms with Crippen molar-refractivity contribution in [2.75, 3.05) is 12.9 Å². The molecular formula is C15H17N3O2S. The molecule has 0 amide bonds. The summed E-state index contributed by atoms with van der Waals surface area (Å²) in [5.74, 6) is 0.700. The van der Waals surface area contributed by atoms with Crippen molar-refractivity contribution in [1.29, 1.82) is 0 Å². The Kier molecular flexibility index (Phi) is 5.16. The first-order valence-electron chi connectivity index (χ1n) is 6.47. The first kappa shape index (κ1) is 15.3. The van der Waals surface area contributed by atoms with Gasteiger partial charge in [0.2, 0.25) is 0 Å². The van der Waals surface area contributed by atoms with Gasteiger partial charge in [-0.1, -0.05) is 42.1 Å². The van der Waals surface area contributed by atoms with Gasteiger partial charge in [-0.25, -0.2) is 0 Å². The molecule has 0 spiro atoms. The molecule has 0 saturated carbocycles. The van der Waals surface area contributed by atoms with E-state index in [0.29, 0.717) is 11.7 Å². The summed E-state index contributed by atoms with van der Waals surface area (Å²) in [6, 6.07) is 7.99. The zero-order valence-corrected chi connectivity index (χ0v) is 12.9. The Morgan fingerprint density at radius 1 is 1.43 bits per heavy atom. The van der Waals surface area contributed by atoms with Gasteiger partial charge in [-0.05, 0) is 12.5 Å². The van der Waals surface area contributed by atoms with Crippen LogP contribution in [0, 0.1) is 6.92 Å². The number of nitrogens with zero attached hydrogens (tertiary/aromatic N) is 3. The van der Waals surface area contributed by atoms with Crippen molar-refractivity contribution in [2.45, 2.75) is 18.6 Å². The average Bonchev–Trinajstić information content (AvgIpc) is 2.88. The fourth-order valence-corrected chi connectivity index (χ4v) is 2.67. The maximum atomic E-state index is 11.3. The number of aryl methyl sites for hydroxylation is 1. The normalized spacial score (nSPS) is 10.4. The van der Waals surface area contributed by atoms with E-state index in [-0.39, 0.29) is 11.7 Å². The number of hydrogen-bond acceptors (Lipinski definition) is 5. The Balaban J connectivity index is 2.35. The second-order valence-electron chi connectivity index (χ2n) is 4.39. The predicted molar refractivity (Wildman–Crippen MR) is 83.1 cm³/mol. The molecule has 2 rings (SSSR count). The predicted octanol–water partition coefficient (Wildman–Crippen LogP) is 2.70. The molecule has 0 aliphatic rings. The van der Waals surface area contributed by atoms with Gasteiger partial charge >= 0.3 is 5.97 Å². The van der Waals surface area contributed by atoms with Crippen LogP contribution in [0.1, 0.15) is 5.56 Å². The third-order valence-electron chi connectivity index (χ3n) is 2.96. The number of esters is 1. The van der Waals surface area contributed by atoms with Crippen LogP contribution in [0.4, 0.5) is 0 Å². The molecule has 0 saturated heterocycles. The smallest absolute Gasteiger partial charge is 0.316 e. The van der Waals surface area contributed by atoms with Gasteiger partial charge in [0.25, 0.3) is 0 Å². The van der Waals surface area contributed by atoms with E-state index in [1.807, 2.05) is 35.8 Å². The molecule has 0 unspecified atom stereocenters. The Morgan fingerprint density at radius 2 is 2.19 bits per heavy atom. The molecule has 0 aliphatic carbocycles. The van der Waals surface area contributed by atoms with Gasteiger partial charge in [-0.3, -0.25) is 9.36 Å². The van der Waals surface area contributed by atoms with E-state index in [9.17, 15) is 4.79 Å². The van der Waals surface area contributed by atoms with Crippen LogP contribution in [0.25, 0.3) is 11.4 Å². The van der Waals surface area contributed by atoms with Gasteiger partial charge in [0.05, 0.1) is 12.9 Å². The number of ether oxygens (including phenoxy) is 1. The van der Waals surface area contributed by atoms with Crippen LogP contribution < -0.4 is 0 Å². The molecule has 0 radical (unpaired) electrons. The van der Waals surface area contributed by atoms with Gasteiger partial charge in [0.1, 0.15) is 0 Å². The largest absolute Gasteiger partial charge is 0.468 e. The van der Waals surface area contributed by atoms with E-state index in [1.54, 1.807) is 6.08 Å². The van der Waals surface area contributed by atoms with E-state index >= 15 is 0 Å². The third-order valence-corrected chi connectivity index (χ3v) is 3.90. The zero-order chi connectivity index (χ0) is 15.2. The monoisotopic (exact) mass is 303 g/mol. The molecule has 0 atom stereocenters. The van der Waals surface area contributed by atoms with Crippen molar-refractivity contribution in [3.05, 3.63) is 42.5 Å². The molecule has 0 fully saturated rings. The molecule has 0 bridgehead atoms. The van der Waals surface area contributed by atoms with Crippen molar-refractivity contribution < 1.29 is 9.53 Å². The van der Waals surface area contributed by atoms with Crippen molar-refractivity contribution in [1.82, 2.24) is 14.8 Å². The van der Waals surface area contributed by atoms with Crippen LogP contribution in [0.15, 0.2) is 42.1 Å². The van der Waals surface area contributed by atoms with Crippen LogP contribution in [0.3, 0.4) is 0 Å². The maximum Gasteiger partial charge on any atom is 0.316 e. The highest BCUT2D eigenvalue weighted by molar-refractivity contribution is 7.99. The molecular weight excluding hydrogens is 286 g/mol. The van der Waals surface area contributed by atoms with Crippen LogP contribution in [-0.2, 0) is 16.1 Å². The van der Waals surface area contributed by atoms with Gasteiger partial charge in [-0.15, -0.1) is 16.8 Å². The van der Waals surface area contributed by atoms with Crippen molar-refractivity contribution in [2.24, 2.45) is 0 Å². The Bertz CT molecular complexity index is 652. The highest BCUT2D eigenvalue weighted by Crippen LogP contribution is 2.26. The maximum absolute atomic E-state index is 11.3. The van der Waals surface area contributed by atoms with E-state index in [4.69, 9.17) is 0 Å². The summed E-state index contributed by atoms with van der Waals surface area (Å²) in [7, 11) is 1.37. The number of carbonyl (C=O) groups is 1. The van der Waals surface area contributed by atoms with Crippen LogP contribution >= 0.6 is 11.8 Å². The first-order chi connectivity index (χ1) is 10.2. The summed E-state index contributed by atoms with van der Waals surface area (Å²) in [6.45, 7) is 6.38. The molecule has 0 N–H and O–H groups in total. The SMILES string of the molecule is C=CCn1c(SCC(=O)OC)nnc1-c1ccccc1C. The van der Waals surface area contributed by atoms with Gasteiger partial charge < -0.3 is 4.74 Å². The number of benzene rings is 1. The summed E-state index contributed by atoms with van der Waals surface area (Å²) in [6.07, 6.45) is 1.79. The number of hydrogen-bond donors (Lipinski definition) is 0. The van der Waals surface area contributed by atoms with Crippen molar-refractivity contribution in [3.8, 4) is 11.4 Å². The standard InChI is InChI=1S/C15H17N3O2S/c1-4-9-18-14(12-8-6-5-7-11(12)2)16-17-15(18)21-10-13(19)20-3/h4-8H,1,9-10H2,2-3H3. The lowest BCUT2D eigenvalue weighted by Crippen LogP contribution is -2.06. The number of methoxy groups -OCH3 is 1. The molecule has 1 aromatic heterocycles. The highest BCUT2D eigenvalue weighted by Gasteiger charge is 2.16. The number of carbonyl (C=O) groups excluding carboxylic acids is 1. The van der Waals surface area contributed by atoms with Crippen LogP contribution in [-0.4, -0.2) is 33.6 Å². The van der Waals surface area contributed by atoms with Crippen LogP contribution in [0.2, 0.25) is 0 Å². The second-order valence-corrected chi connectivity index (χ2v) is 5.33. The van der Waals surface area contributed by atoms with Gasteiger partial charge in [0, 0.05) is 12.1 Å². The molecule has 0 aliphatic heterocycles. The van der Waals surface area contributed by atoms with Crippen LogP contribution in [0.5, 0.6) is 0 Å². The minimum atomic E-state index is -0.286. The summed E-state index contributed by atoms with van der Waals surface area (Å²) >= 11 is 1.31. The lowest BCUT2D eigenvalue weighted by molar-refractivity contribution is -0.137. The minimum Gasteiger partial charge on any atom is -0.468 e. The number of aromatic nitrogens is 3. The first-order valence-corrected chi connectivity index (χ1v) is 7.45. The lowest BCUT2D eigenvalue weighted by atomic mass is 10.1. The Labute approximate surface area is 128 Å². The number of thioether (sulfide) groups is 1. The molecule has 110 valence electrons. The third kappa shape index (κ3) is 3.52. The summed E-state index contributed by atoms with van der Waals surface area (Å²) < 4.78 is 6.59. The minimum absolute atomic E-state index is 0.208. The molecule has 1 heterocycles. The Morgan fingerprint density at radius 3 is 2.86 bits per heavy atom. The number of rotatable bonds is 6. The van der Waals surface area contributed by atoms with Crippen molar-refractivity contribution >= 4 is 17.7 Å². The quantitative estimate of drug-likeness (QED) is 0.466. The molecule has 5 nitrogen and oxygen atoms in total. The summed E-state index contributed by atoms with van der Waals surface area (Å²) in [5, 5.41) is 9.12. The lowest BCUT2D eigenvalue weighted by Gasteiger charge is -2.09. The van der Waals surface area contributed by atoms with E-state index in [1.165, 1.54) is 18.9 Å². The summed E-state index contributed by atoms with van der Waals surface area (Å²) in [4.78, 5) is 11.3. The molecule has 1 aromatic carbocycles. The fraction of sp³-hybridized carbons (Fsp3) is 0.267. The average molecular weight is 303 g/mol.